The van der Waals surface area contributed by atoms with Crippen molar-refractivity contribution in [2.24, 2.45) is 0 Å². The lowest BCUT2D eigenvalue weighted by Gasteiger charge is -2.06. The predicted octanol–water partition coefficient (Wildman–Crippen LogP) is 2.94. The summed E-state index contributed by atoms with van der Waals surface area (Å²) in [6, 6.07) is 11.3. The van der Waals surface area contributed by atoms with Gasteiger partial charge in [0.15, 0.2) is 5.57 Å². The highest BCUT2D eigenvalue weighted by molar-refractivity contribution is 9.10. The molecule has 16 heavy (non-hydrogen) atoms. The third-order valence-electron chi connectivity index (χ3n) is 2.00. The molecule has 0 heterocycles. The van der Waals surface area contributed by atoms with Gasteiger partial charge in [-0.1, -0.05) is 28.1 Å². The molecule has 0 radical (unpaired) electrons. The van der Waals surface area contributed by atoms with Crippen LogP contribution in [0, 0.1) is 22.7 Å². The molecule has 0 spiro atoms. The molecule has 0 aliphatic rings. The van der Waals surface area contributed by atoms with Crippen LogP contribution < -0.4 is 0 Å². The second-order valence-corrected chi connectivity index (χ2v) is 3.95. The fourth-order valence-corrected chi connectivity index (χ4v) is 1.69. The first kappa shape index (κ1) is 12.3. The summed E-state index contributed by atoms with van der Waals surface area (Å²) in [7, 11) is 1.46. The third kappa shape index (κ3) is 3.12. The average molecular weight is 277 g/mol. The standard InChI is InChI=1S/C12H9BrN2O/c1-16-12(10(7-14)8-15)6-9-3-2-4-11(13)5-9/h2-5H,6H2,1H3. The highest BCUT2D eigenvalue weighted by Gasteiger charge is 2.07. The Kier molecular flexibility index (Phi) is 4.57. The second kappa shape index (κ2) is 5.95. The van der Waals surface area contributed by atoms with Crippen molar-refractivity contribution in [2.75, 3.05) is 7.11 Å². The van der Waals surface area contributed by atoms with Crippen molar-refractivity contribution >= 4 is 15.9 Å². The normalized spacial score (nSPS) is 8.75. The number of halogens is 1. The van der Waals surface area contributed by atoms with Gasteiger partial charge in [0.25, 0.3) is 0 Å². The molecule has 1 aromatic carbocycles. The van der Waals surface area contributed by atoms with Crippen LogP contribution in [0.2, 0.25) is 0 Å². The summed E-state index contributed by atoms with van der Waals surface area (Å²) in [6.07, 6.45) is 0.437. The van der Waals surface area contributed by atoms with Crippen molar-refractivity contribution in [1.82, 2.24) is 0 Å². The highest BCUT2D eigenvalue weighted by atomic mass is 79.9. The van der Waals surface area contributed by atoms with E-state index in [9.17, 15) is 0 Å². The summed E-state index contributed by atoms with van der Waals surface area (Å²) in [4.78, 5) is 0. The van der Waals surface area contributed by atoms with E-state index in [4.69, 9.17) is 15.3 Å². The molecule has 1 rings (SSSR count). The van der Waals surface area contributed by atoms with Gasteiger partial charge in [0.2, 0.25) is 0 Å². The van der Waals surface area contributed by atoms with Crippen molar-refractivity contribution < 1.29 is 4.74 Å². The zero-order valence-corrected chi connectivity index (χ0v) is 10.3. The molecular formula is C12H9BrN2O. The molecule has 0 aromatic heterocycles. The van der Waals surface area contributed by atoms with Crippen LogP contribution >= 0.6 is 15.9 Å². The minimum Gasteiger partial charge on any atom is -0.499 e. The molecule has 4 heteroatoms. The predicted molar refractivity (Wildman–Crippen MR) is 63.1 cm³/mol. The molecule has 0 fully saturated rings. The Balaban J connectivity index is 3.01. The molecule has 0 unspecified atom stereocenters. The van der Waals surface area contributed by atoms with Gasteiger partial charge in [0.05, 0.1) is 7.11 Å². The summed E-state index contributed by atoms with van der Waals surface area (Å²) in [5, 5.41) is 17.5. The van der Waals surface area contributed by atoms with Gasteiger partial charge in [0.1, 0.15) is 17.9 Å². The van der Waals surface area contributed by atoms with Crippen LogP contribution in [-0.2, 0) is 11.2 Å². The fraction of sp³-hybridized carbons (Fsp3) is 0.167. The van der Waals surface area contributed by atoms with Gasteiger partial charge in [-0.25, -0.2) is 0 Å². The van der Waals surface area contributed by atoms with Gasteiger partial charge in [-0.2, -0.15) is 10.5 Å². The Bertz CT molecular complexity index is 478. The van der Waals surface area contributed by atoms with Gasteiger partial charge < -0.3 is 4.74 Å². The van der Waals surface area contributed by atoms with E-state index >= 15 is 0 Å². The first-order valence-electron chi connectivity index (χ1n) is 4.53. The zero-order chi connectivity index (χ0) is 12.0. The van der Waals surface area contributed by atoms with E-state index in [1.807, 2.05) is 36.4 Å². The Morgan fingerprint density at radius 1 is 1.38 bits per heavy atom. The van der Waals surface area contributed by atoms with Gasteiger partial charge in [-0.15, -0.1) is 0 Å². The summed E-state index contributed by atoms with van der Waals surface area (Å²) in [5.74, 6) is 0.392. The SMILES string of the molecule is COC(Cc1cccc(Br)c1)=C(C#N)C#N. The van der Waals surface area contributed by atoms with Crippen LogP contribution in [0.1, 0.15) is 5.56 Å². The molecule has 0 saturated carbocycles. The number of allylic oxidation sites excluding steroid dienone is 2. The molecule has 0 aliphatic heterocycles. The topological polar surface area (TPSA) is 56.8 Å². The lowest BCUT2D eigenvalue weighted by molar-refractivity contribution is 0.281. The first-order chi connectivity index (χ1) is 7.71. The van der Waals surface area contributed by atoms with Crippen LogP contribution in [0.4, 0.5) is 0 Å². The minimum absolute atomic E-state index is 0.0162. The monoisotopic (exact) mass is 276 g/mol. The summed E-state index contributed by atoms with van der Waals surface area (Å²) < 4.78 is 6.01. The third-order valence-corrected chi connectivity index (χ3v) is 2.50. The molecule has 0 amide bonds. The van der Waals surface area contributed by atoms with E-state index in [1.54, 1.807) is 0 Å². The van der Waals surface area contributed by atoms with E-state index < -0.39 is 0 Å². The molecule has 0 bridgehead atoms. The summed E-state index contributed by atoms with van der Waals surface area (Å²) >= 11 is 3.36. The largest absolute Gasteiger partial charge is 0.499 e. The van der Waals surface area contributed by atoms with E-state index in [2.05, 4.69) is 15.9 Å². The molecule has 0 aliphatic carbocycles. The van der Waals surface area contributed by atoms with Crippen molar-refractivity contribution in [2.45, 2.75) is 6.42 Å². The maximum Gasteiger partial charge on any atom is 0.167 e. The molecule has 3 nitrogen and oxygen atoms in total. The van der Waals surface area contributed by atoms with Crippen LogP contribution in [0.3, 0.4) is 0 Å². The van der Waals surface area contributed by atoms with Crippen molar-refractivity contribution in [3.05, 3.63) is 45.6 Å². The Morgan fingerprint density at radius 3 is 2.56 bits per heavy atom. The number of rotatable bonds is 3. The number of methoxy groups -OCH3 is 1. The van der Waals surface area contributed by atoms with Crippen LogP contribution in [0.5, 0.6) is 0 Å². The van der Waals surface area contributed by atoms with Crippen LogP contribution in [0.25, 0.3) is 0 Å². The van der Waals surface area contributed by atoms with Crippen LogP contribution in [-0.4, -0.2) is 7.11 Å². The van der Waals surface area contributed by atoms with Gasteiger partial charge in [-0.05, 0) is 17.7 Å². The average Bonchev–Trinajstić information content (AvgIpc) is 2.29. The number of benzene rings is 1. The van der Waals surface area contributed by atoms with E-state index in [-0.39, 0.29) is 5.57 Å². The van der Waals surface area contributed by atoms with Crippen molar-refractivity contribution in [1.29, 1.82) is 10.5 Å². The molecule has 80 valence electrons. The second-order valence-electron chi connectivity index (χ2n) is 3.03. The van der Waals surface area contributed by atoms with Crippen molar-refractivity contribution in [3.63, 3.8) is 0 Å². The number of hydrogen-bond donors (Lipinski definition) is 0. The summed E-state index contributed by atoms with van der Waals surface area (Å²) in [6.45, 7) is 0. The lowest BCUT2D eigenvalue weighted by Crippen LogP contribution is -1.97. The summed E-state index contributed by atoms with van der Waals surface area (Å²) in [5.41, 5.74) is 0.997. The molecule has 0 atom stereocenters. The van der Waals surface area contributed by atoms with E-state index in [0.29, 0.717) is 12.2 Å². The van der Waals surface area contributed by atoms with Gasteiger partial charge in [-0.3, -0.25) is 0 Å². The maximum absolute atomic E-state index is 8.74. The number of nitrogens with zero attached hydrogens (tertiary/aromatic N) is 2. The molecule has 1 aromatic rings. The lowest BCUT2D eigenvalue weighted by atomic mass is 10.1. The van der Waals surface area contributed by atoms with Gasteiger partial charge in [0, 0.05) is 10.9 Å². The molecule has 0 saturated heterocycles. The van der Waals surface area contributed by atoms with Gasteiger partial charge >= 0.3 is 0 Å². The van der Waals surface area contributed by atoms with Crippen LogP contribution in [0.15, 0.2) is 40.1 Å². The smallest absolute Gasteiger partial charge is 0.167 e. The molecular weight excluding hydrogens is 268 g/mol. The van der Waals surface area contributed by atoms with E-state index in [1.165, 1.54) is 7.11 Å². The Hall–Kier alpha value is -1.78. The minimum atomic E-state index is 0.0162. The Labute approximate surface area is 103 Å². The van der Waals surface area contributed by atoms with E-state index in [0.717, 1.165) is 10.0 Å². The number of ether oxygens (including phenoxy) is 1. The first-order valence-corrected chi connectivity index (χ1v) is 5.32. The maximum atomic E-state index is 8.74. The molecule has 0 N–H and O–H groups in total. The zero-order valence-electron chi connectivity index (χ0n) is 8.70. The number of nitriles is 2. The van der Waals surface area contributed by atoms with Crippen molar-refractivity contribution in [3.8, 4) is 12.1 Å². The highest BCUT2D eigenvalue weighted by Crippen LogP contribution is 2.16. The quantitative estimate of drug-likeness (QED) is 0.630. The fourth-order valence-electron chi connectivity index (χ4n) is 1.24. The number of hydrogen-bond acceptors (Lipinski definition) is 3. The Morgan fingerprint density at radius 2 is 2.06 bits per heavy atom.